The summed E-state index contributed by atoms with van der Waals surface area (Å²) in [5.41, 5.74) is 10.9. The molecule has 0 amide bonds. The number of thiophene rings is 1. The van der Waals surface area contributed by atoms with Gasteiger partial charge in [-0.05, 0) is 47.4 Å². The van der Waals surface area contributed by atoms with E-state index in [4.69, 9.17) is 10.7 Å². The molecule has 0 spiro atoms. The normalized spacial score (nSPS) is 19.8. The smallest absolute Gasteiger partial charge is 0.185 e. The van der Waals surface area contributed by atoms with Gasteiger partial charge in [0.15, 0.2) is 5.78 Å². The molecule has 0 unspecified atom stereocenters. The van der Waals surface area contributed by atoms with Gasteiger partial charge in [0.1, 0.15) is 5.69 Å². The summed E-state index contributed by atoms with van der Waals surface area (Å²) in [5.74, 6) is 0.945. The second-order valence-electron chi connectivity index (χ2n) is 8.50. The van der Waals surface area contributed by atoms with E-state index in [0.717, 1.165) is 41.0 Å². The molecule has 0 aromatic carbocycles. The van der Waals surface area contributed by atoms with Crippen molar-refractivity contribution < 1.29 is 4.79 Å². The second kappa shape index (κ2) is 8.20. The van der Waals surface area contributed by atoms with Gasteiger partial charge in [-0.3, -0.25) is 9.78 Å². The van der Waals surface area contributed by atoms with Crippen LogP contribution < -0.4 is 10.6 Å². The number of piperidine rings is 1. The Hall–Kier alpha value is -2.31. The third kappa shape index (κ3) is 4.19. The van der Waals surface area contributed by atoms with Crippen molar-refractivity contribution in [1.29, 1.82) is 0 Å². The number of hydrogen-bond acceptors (Lipinski definition) is 6. The number of pyridine rings is 2. The lowest BCUT2D eigenvalue weighted by Gasteiger charge is -2.37. The Morgan fingerprint density at radius 1 is 1.31 bits per heavy atom. The van der Waals surface area contributed by atoms with Crippen LogP contribution in [0.2, 0.25) is 0 Å². The highest BCUT2D eigenvalue weighted by Gasteiger charge is 2.25. The van der Waals surface area contributed by atoms with Gasteiger partial charge in [-0.2, -0.15) is 0 Å². The highest BCUT2D eigenvalue weighted by atomic mass is 32.1. The number of ketones is 1. The maximum Gasteiger partial charge on any atom is 0.185 e. The van der Waals surface area contributed by atoms with Crippen molar-refractivity contribution in [1.82, 2.24) is 9.97 Å². The third-order valence-corrected chi connectivity index (χ3v) is 6.57. The minimum Gasteiger partial charge on any atom is -0.369 e. The fourth-order valence-corrected chi connectivity index (χ4v) is 5.28. The molecule has 3 aromatic rings. The van der Waals surface area contributed by atoms with Crippen LogP contribution in [0.4, 0.5) is 5.69 Å². The Bertz CT molecular complexity index is 1020. The van der Waals surface area contributed by atoms with Gasteiger partial charge in [0, 0.05) is 49.2 Å². The Balaban J connectivity index is 1.61. The van der Waals surface area contributed by atoms with Gasteiger partial charge >= 0.3 is 0 Å². The number of carbonyl (C=O) groups excluding carboxylic acids is 1. The Morgan fingerprint density at radius 2 is 2.14 bits per heavy atom. The molecule has 0 bridgehead atoms. The molecule has 2 atom stereocenters. The molecule has 5 nitrogen and oxygen atoms in total. The fraction of sp³-hybridized carbons (Fsp3) is 0.435. The Morgan fingerprint density at radius 3 is 2.90 bits per heavy atom. The number of hydrogen-bond donors (Lipinski definition) is 1. The minimum absolute atomic E-state index is 0.0245. The van der Waals surface area contributed by atoms with Gasteiger partial charge in [-0.25, -0.2) is 4.98 Å². The molecule has 29 heavy (non-hydrogen) atoms. The van der Waals surface area contributed by atoms with Crippen molar-refractivity contribution >= 4 is 33.0 Å². The van der Waals surface area contributed by atoms with Crippen LogP contribution in [-0.4, -0.2) is 34.9 Å². The van der Waals surface area contributed by atoms with Crippen LogP contribution in [0.3, 0.4) is 0 Å². The minimum atomic E-state index is 0.0245. The summed E-state index contributed by atoms with van der Waals surface area (Å²) in [6.45, 7) is 8.31. The average Bonchev–Trinajstić information content (AvgIpc) is 3.11. The summed E-state index contributed by atoms with van der Waals surface area (Å²) in [4.78, 5) is 24.4. The average molecular weight is 409 g/mol. The number of rotatable bonds is 5. The van der Waals surface area contributed by atoms with Crippen LogP contribution in [0, 0.1) is 5.92 Å². The number of anilines is 1. The molecular weight excluding hydrogens is 380 g/mol. The summed E-state index contributed by atoms with van der Waals surface area (Å²) in [5, 5.41) is 2.15. The standard InChI is InChI=1S/C23H28N4OS/c1-14(2)18-13-29-22-5-4-19(26-23(18)22)21(28)9-16-10-25-7-6-20(16)27-11-15(3)8-17(24)12-27/h4-7,10,13-15,17H,8-9,11-12,24H2,1-3H3/t15-,17+/m1/s1. The van der Waals surface area contributed by atoms with Crippen LogP contribution in [0.1, 0.15) is 54.7 Å². The number of fused-ring (bicyclic) bond motifs is 1. The number of Topliss-reactive ketones (excluding diaryl/α,β-unsaturated/α-hetero) is 1. The highest BCUT2D eigenvalue weighted by molar-refractivity contribution is 7.17. The van der Waals surface area contributed by atoms with E-state index >= 15 is 0 Å². The van der Waals surface area contributed by atoms with E-state index in [1.54, 1.807) is 23.7 Å². The van der Waals surface area contributed by atoms with Crippen molar-refractivity contribution in [3.8, 4) is 0 Å². The molecule has 3 aromatic heterocycles. The van der Waals surface area contributed by atoms with Crippen molar-refractivity contribution in [3.63, 3.8) is 0 Å². The van der Waals surface area contributed by atoms with Crippen LogP contribution in [0.5, 0.6) is 0 Å². The van der Waals surface area contributed by atoms with Gasteiger partial charge in [0.2, 0.25) is 0 Å². The molecule has 0 saturated carbocycles. The summed E-state index contributed by atoms with van der Waals surface area (Å²) < 4.78 is 1.13. The molecule has 4 heterocycles. The maximum absolute atomic E-state index is 13.1. The predicted molar refractivity (Wildman–Crippen MR) is 120 cm³/mol. The van der Waals surface area contributed by atoms with Crippen LogP contribution in [-0.2, 0) is 6.42 Å². The van der Waals surface area contributed by atoms with Crippen molar-refractivity contribution in [2.24, 2.45) is 11.7 Å². The molecule has 2 N–H and O–H groups in total. The molecule has 1 aliphatic rings. The monoisotopic (exact) mass is 408 g/mol. The Labute approximate surface area is 176 Å². The van der Waals surface area contributed by atoms with Gasteiger partial charge < -0.3 is 10.6 Å². The zero-order valence-electron chi connectivity index (χ0n) is 17.3. The summed E-state index contributed by atoms with van der Waals surface area (Å²) in [6, 6.07) is 6.02. The fourth-order valence-electron chi connectivity index (χ4n) is 4.22. The van der Waals surface area contributed by atoms with E-state index in [2.05, 4.69) is 36.0 Å². The lowest BCUT2D eigenvalue weighted by Crippen LogP contribution is -2.46. The molecule has 0 radical (unpaired) electrons. The summed E-state index contributed by atoms with van der Waals surface area (Å²) >= 11 is 1.69. The molecule has 1 fully saturated rings. The first-order chi connectivity index (χ1) is 13.9. The second-order valence-corrected chi connectivity index (χ2v) is 9.41. The van der Waals surface area contributed by atoms with Crippen molar-refractivity contribution in [2.45, 2.75) is 45.6 Å². The molecular formula is C23H28N4OS. The molecule has 4 rings (SSSR count). The third-order valence-electron chi connectivity index (χ3n) is 5.61. The van der Waals surface area contributed by atoms with Crippen LogP contribution in [0.15, 0.2) is 36.0 Å². The summed E-state index contributed by atoms with van der Waals surface area (Å²) in [6.07, 6.45) is 4.93. The van der Waals surface area contributed by atoms with Gasteiger partial charge in [0.25, 0.3) is 0 Å². The van der Waals surface area contributed by atoms with E-state index in [-0.39, 0.29) is 11.8 Å². The summed E-state index contributed by atoms with van der Waals surface area (Å²) in [7, 11) is 0. The maximum atomic E-state index is 13.1. The van der Waals surface area contributed by atoms with Crippen LogP contribution >= 0.6 is 11.3 Å². The van der Waals surface area contributed by atoms with Gasteiger partial charge in [0.05, 0.1) is 10.2 Å². The number of carbonyl (C=O) groups is 1. The molecule has 6 heteroatoms. The van der Waals surface area contributed by atoms with E-state index in [0.29, 0.717) is 24.0 Å². The first-order valence-corrected chi connectivity index (χ1v) is 11.1. The topological polar surface area (TPSA) is 72.1 Å². The van der Waals surface area contributed by atoms with E-state index in [1.807, 2.05) is 18.2 Å². The lowest BCUT2D eigenvalue weighted by atomic mass is 9.95. The lowest BCUT2D eigenvalue weighted by molar-refractivity contribution is 0.0988. The zero-order chi connectivity index (χ0) is 20.5. The number of nitrogens with zero attached hydrogens (tertiary/aromatic N) is 3. The van der Waals surface area contributed by atoms with E-state index in [1.165, 1.54) is 5.56 Å². The SMILES string of the molecule is CC(C)c1csc2ccc(C(=O)Cc3cnccc3N3C[C@H](C)C[C@H](N)C3)nc12. The van der Waals surface area contributed by atoms with E-state index < -0.39 is 0 Å². The first-order valence-electron chi connectivity index (χ1n) is 10.3. The van der Waals surface area contributed by atoms with Crippen molar-refractivity contribution in [3.05, 3.63) is 52.8 Å². The van der Waals surface area contributed by atoms with Gasteiger partial charge in [-0.15, -0.1) is 11.3 Å². The molecule has 1 saturated heterocycles. The predicted octanol–water partition coefficient (Wildman–Crippen LogP) is 4.41. The molecule has 0 aliphatic carbocycles. The van der Waals surface area contributed by atoms with Crippen LogP contribution in [0.25, 0.3) is 10.2 Å². The van der Waals surface area contributed by atoms with Gasteiger partial charge in [-0.1, -0.05) is 20.8 Å². The largest absolute Gasteiger partial charge is 0.369 e. The first kappa shape index (κ1) is 20.0. The number of nitrogens with two attached hydrogens (primary N) is 1. The quantitative estimate of drug-likeness (QED) is 0.633. The highest BCUT2D eigenvalue weighted by Crippen LogP contribution is 2.31. The zero-order valence-corrected chi connectivity index (χ0v) is 18.1. The van der Waals surface area contributed by atoms with Crippen molar-refractivity contribution in [2.75, 3.05) is 18.0 Å². The Kier molecular flexibility index (Phi) is 5.65. The van der Waals surface area contributed by atoms with E-state index in [9.17, 15) is 4.79 Å². The molecule has 1 aliphatic heterocycles. The molecule has 152 valence electrons. The number of aromatic nitrogens is 2.